The second-order valence-corrected chi connectivity index (χ2v) is 12.5. The van der Waals surface area contributed by atoms with E-state index in [0.717, 1.165) is 16.9 Å². The number of thioether (sulfide) groups is 1. The second-order valence-electron chi connectivity index (χ2n) is 9.87. The molecule has 42 heavy (non-hydrogen) atoms. The van der Waals surface area contributed by atoms with Crippen molar-refractivity contribution >= 4 is 68.3 Å². The maximum atomic E-state index is 14.6. The summed E-state index contributed by atoms with van der Waals surface area (Å²) in [7, 11) is 0. The normalized spacial score (nSPS) is 17.5. The Balaban J connectivity index is 1.43. The monoisotopic (exact) mass is 618 g/mol. The van der Waals surface area contributed by atoms with E-state index >= 15 is 0 Å². The molecule has 0 saturated carbocycles. The average Bonchev–Trinajstić information content (AvgIpc) is 3.63. The van der Waals surface area contributed by atoms with Gasteiger partial charge in [0.25, 0.3) is 11.8 Å². The van der Waals surface area contributed by atoms with E-state index in [-0.39, 0.29) is 33.2 Å². The average molecular weight is 619 g/mol. The van der Waals surface area contributed by atoms with Crippen LogP contribution in [0.4, 0.5) is 15.2 Å². The molecule has 7 rings (SSSR count). The molecule has 1 atom stereocenters. The van der Waals surface area contributed by atoms with Crippen molar-refractivity contribution in [2.24, 2.45) is 0 Å². The number of hydrogen-bond acceptors (Lipinski definition) is 8. The summed E-state index contributed by atoms with van der Waals surface area (Å²) in [6.07, 6.45) is 0.655. The zero-order valence-electron chi connectivity index (χ0n) is 22.0. The van der Waals surface area contributed by atoms with Crippen LogP contribution < -0.4 is 15.2 Å². The fraction of sp³-hybridized carbons (Fsp3) is 0.167. The van der Waals surface area contributed by atoms with Crippen molar-refractivity contribution in [3.8, 4) is 0 Å². The van der Waals surface area contributed by atoms with Gasteiger partial charge in [-0.1, -0.05) is 72.0 Å². The molecule has 2 aliphatic heterocycles. The van der Waals surface area contributed by atoms with Crippen LogP contribution in [0, 0.1) is 5.82 Å². The molecular formula is C30H20ClFN4O4S2. The third-order valence-corrected chi connectivity index (χ3v) is 9.74. The first-order chi connectivity index (χ1) is 20.3. The number of nitrogens with zero attached hydrogens (tertiary/aromatic N) is 4. The Morgan fingerprint density at radius 1 is 1.05 bits per heavy atom. The summed E-state index contributed by atoms with van der Waals surface area (Å²) in [4.78, 5) is 46.0. The molecule has 2 aromatic heterocycles. The summed E-state index contributed by atoms with van der Waals surface area (Å²) < 4.78 is 19.9. The van der Waals surface area contributed by atoms with Gasteiger partial charge in [0.15, 0.2) is 15.3 Å². The minimum atomic E-state index is -1.84. The molecule has 0 fully saturated rings. The Morgan fingerprint density at radius 2 is 1.83 bits per heavy atom. The van der Waals surface area contributed by atoms with E-state index in [9.17, 15) is 18.8 Å². The topological polar surface area (TPSA) is 96.6 Å². The molecule has 4 heterocycles. The first-order valence-corrected chi connectivity index (χ1v) is 15.3. The van der Waals surface area contributed by atoms with E-state index in [4.69, 9.17) is 16.0 Å². The highest BCUT2D eigenvalue weighted by atomic mass is 35.5. The maximum absolute atomic E-state index is 14.6. The number of carbonyl (C=O) groups is 2. The third-order valence-electron chi connectivity index (χ3n) is 7.40. The smallest absolute Gasteiger partial charge is 0.297 e. The standard InChI is InChI=1S/C30H20ClFN4O4S2/c1-2-13-35-21-6-4-3-5-20(21)30(27(35)39)23-24(37)19-14-17(31)9-12-22(19)40-25(23)26(38)36(30)28-33-34-29(42-28)41-15-16-7-10-18(32)11-8-16/h3-12,14H,2,13,15H2,1H3. The van der Waals surface area contributed by atoms with Crippen molar-refractivity contribution in [2.45, 2.75) is 29.0 Å². The number of hydrogen-bond donors (Lipinski definition) is 0. The first kappa shape index (κ1) is 26.8. The maximum Gasteiger partial charge on any atom is 0.297 e. The van der Waals surface area contributed by atoms with Crippen LogP contribution in [-0.4, -0.2) is 28.6 Å². The van der Waals surface area contributed by atoms with Gasteiger partial charge in [0, 0.05) is 22.9 Å². The summed E-state index contributed by atoms with van der Waals surface area (Å²) in [5, 5.41) is 9.25. The largest absolute Gasteiger partial charge is 0.450 e. The molecule has 210 valence electrons. The van der Waals surface area contributed by atoms with Crippen molar-refractivity contribution < 1.29 is 18.4 Å². The predicted molar refractivity (Wildman–Crippen MR) is 160 cm³/mol. The molecule has 5 aromatic rings. The van der Waals surface area contributed by atoms with Gasteiger partial charge < -0.3 is 9.32 Å². The van der Waals surface area contributed by atoms with Gasteiger partial charge in [-0.15, -0.1) is 10.2 Å². The lowest BCUT2D eigenvalue weighted by Gasteiger charge is -2.32. The van der Waals surface area contributed by atoms with Gasteiger partial charge in [-0.25, -0.2) is 4.39 Å². The number of para-hydroxylation sites is 1. The van der Waals surface area contributed by atoms with Crippen LogP contribution >= 0.6 is 34.7 Å². The lowest BCUT2D eigenvalue weighted by Crippen LogP contribution is -2.53. The van der Waals surface area contributed by atoms with Crippen LogP contribution in [0.25, 0.3) is 11.0 Å². The number of carbonyl (C=O) groups excluding carboxylic acids is 2. The van der Waals surface area contributed by atoms with Crippen molar-refractivity contribution in [3.05, 3.63) is 110 Å². The quantitative estimate of drug-likeness (QED) is 0.161. The van der Waals surface area contributed by atoms with Gasteiger partial charge in [0.05, 0.1) is 16.6 Å². The predicted octanol–water partition coefficient (Wildman–Crippen LogP) is 6.39. The summed E-state index contributed by atoms with van der Waals surface area (Å²) in [6, 6.07) is 17.9. The highest BCUT2D eigenvalue weighted by molar-refractivity contribution is 8.00. The van der Waals surface area contributed by atoms with Gasteiger partial charge in [0.2, 0.25) is 10.9 Å². The molecule has 0 N–H and O–H groups in total. The Hall–Kier alpha value is -4.06. The van der Waals surface area contributed by atoms with E-state index in [1.54, 1.807) is 35.2 Å². The Kier molecular flexibility index (Phi) is 6.41. The molecule has 0 saturated heterocycles. The molecule has 3 aromatic carbocycles. The molecule has 8 nitrogen and oxygen atoms in total. The van der Waals surface area contributed by atoms with Gasteiger partial charge in [0.1, 0.15) is 11.4 Å². The van der Waals surface area contributed by atoms with E-state index in [2.05, 4.69) is 10.2 Å². The van der Waals surface area contributed by atoms with Crippen LogP contribution in [0.2, 0.25) is 5.02 Å². The van der Waals surface area contributed by atoms with Crippen LogP contribution in [0.3, 0.4) is 0 Å². The van der Waals surface area contributed by atoms with E-state index in [1.807, 2.05) is 19.1 Å². The highest BCUT2D eigenvalue weighted by Gasteiger charge is 2.66. The highest BCUT2D eigenvalue weighted by Crippen LogP contribution is 2.54. The number of halogens is 2. The molecular weight excluding hydrogens is 599 g/mol. The molecule has 0 bridgehead atoms. The summed E-state index contributed by atoms with van der Waals surface area (Å²) in [5.41, 5.74) is -0.250. The van der Waals surface area contributed by atoms with Crippen molar-refractivity contribution in [2.75, 3.05) is 16.3 Å². The number of anilines is 2. The first-order valence-electron chi connectivity index (χ1n) is 13.1. The van der Waals surface area contributed by atoms with Gasteiger partial charge >= 0.3 is 0 Å². The van der Waals surface area contributed by atoms with Gasteiger partial charge in [-0.3, -0.25) is 19.3 Å². The van der Waals surface area contributed by atoms with Crippen molar-refractivity contribution in [1.82, 2.24) is 10.2 Å². The van der Waals surface area contributed by atoms with Gasteiger partial charge in [-0.05, 0) is 48.4 Å². The fourth-order valence-electron chi connectivity index (χ4n) is 5.66. The Bertz CT molecular complexity index is 1980. The SMILES string of the molecule is CCCN1C(=O)C2(c3ccccc31)c1c(oc3ccc(Cl)cc3c1=O)C(=O)N2c1nnc(SCc2ccc(F)cc2)s1. The molecule has 0 aliphatic carbocycles. The van der Waals surface area contributed by atoms with Crippen molar-refractivity contribution in [3.63, 3.8) is 0 Å². The zero-order chi connectivity index (χ0) is 29.2. The van der Waals surface area contributed by atoms with Crippen LogP contribution in [0.5, 0.6) is 0 Å². The zero-order valence-corrected chi connectivity index (χ0v) is 24.4. The molecule has 2 amide bonds. The lowest BCUT2D eigenvalue weighted by atomic mass is 9.84. The lowest BCUT2D eigenvalue weighted by molar-refractivity contribution is -0.121. The second kappa shape index (κ2) is 10.0. The fourth-order valence-corrected chi connectivity index (χ4v) is 7.68. The Morgan fingerprint density at radius 3 is 2.62 bits per heavy atom. The third kappa shape index (κ3) is 3.84. The molecule has 1 unspecified atom stereocenters. The summed E-state index contributed by atoms with van der Waals surface area (Å²) in [6.45, 7) is 2.33. The minimum Gasteiger partial charge on any atom is -0.450 e. The van der Waals surface area contributed by atoms with Crippen LogP contribution in [-0.2, 0) is 16.1 Å². The van der Waals surface area contributed by atoms with E-state index < -0.39 is 22.8 Å². The molecule has 0 radical (unpaired) electrons. The Labute approximate surface area is 251 Å². The number of aromatic nitrogens is 2. The number of fused-ring (bicyclic) bond motifs is 5. The van der Waals surface area contributed by atoms with Crippen LogP contribution in [0.1, 0.15) is 40.6 Å². The minimum absolute atomic E-state index is 0.0611. The summed E-state index contributed by atoms with van der Waals surface area (Å²) in [5.74, 6) is -1.15. The summed E-state index contributed by atoms with van der Waals surface area (Å²) >= 11 is 8.73. The van der Waals surface area contributed by atoms with Crippen LogP contribution in [0.15, 0.2) is 80.3 Å². The van der Waals surface area contributed by atoms with Crippen molar-refractivity contribution in [1.29, 1.82) is 0 Å². The molecule has 12 heteroatoms. The van der Waals surface area contributed by atoms with E-state index in [1.165, 1.54) is 40.9 Å². The van der Waals surface area contributed by atoms with E-state index in [0.29, 0.717) is 39.3 Å². The molecule has 2 aliphatic rings. The number of rotatable bonds is 6. The number of amides is 2. The molecule has 1 spiro atoms. The number of benzene rings is 3. The van der Waals surface area contributed by atoms with Gasteiger partial charge in [-0.2, -0.15) is 0 Å².